The minimum absolute atomic E-state index is 0.368. The van der Waals surface area contributed by atoms with E-state index in [9.17, 15) is 9.59 Å². The lowest BCUT2D eigenvalue weighted by molar-refractivity contribution is 0.453. The molecule has 0 fully saturated rings. The molecule has 1 atom stereocenters. The van der Waals surface area contributed by atoms with Crippen molar-refractivity contribution in [3.8, 4) is 5.69 Å². The Hall–Kier alpha value is -3.68. The van der Waals surface area contributed by atoms with Gasteiger partial charge in [0.1, 0.15) is 11.7 Å². The molecule has 0 spiro atoms. The number of para-hydroxylation sites is 2. The molecule has 3 aromatic carbocycles. The number of hydrogen-bond donors (Lipinski definition) is 1. The first-order valence-electron chi connectivity index (χ1n) is 9.97. The Kier molecular flexibility index (Phi) is 5.15. The summed E-state index contributed by atoms with van der Waals surface area (Å²) in [6.45, 7) is 1.96. The molecule has 2 heterocycles. The molecule has 9 heteroatoms. The average molecular weight is 479 g/mol. The number of hydrogen-bond acceptors (Lipinski definition) is 5. The number of benzene rings is 3. The quantitative estimate of drug-likeness (QED) is 0.403. The molecule has 7 nitrogen and oxygen atoms in total. The molecule has 5 rings (SSSR count). The summed E-state index contributed by atoms with van der Waals surface area (Å²) in [4.78, 5) is 30.4. The molecule has 1 unspecified atom stereocenters. The van der Waals surface area contributed by atoms with E-state index in [0.29, 0.717) is 32.8 Å². The molecule has 0 saturated carbocycles. The van der Waals surface area contributed by atoms with Crippen molar-refractivity contribution >= 4 is 34.3 Å². The summed E-state index contributed by atoms with van der Waals surface area (Å²) in [5, 5.41) is 4.86. The minimum atomic E-state index is -0.872. The van der Waals surface area contributed by atoms with Gasteiger partial charge in [0.2, 0.25) is 5.89 Å². The van der Waals surface area contributed by atoms with E-state index in [4.69, 9.17) is 32.6 Å². The summed E-state index contributed by atoms with van der Waals surface area (Å²) in [5.41, 5.74) is 1.25. The van der Waals surface area contributed by atoms with Crippen molar-refractivity contribution in [2.75, 3.05) is 0 Å². The van der Waals surface area contributed by atoms with Gasteiger partial charge in [0, 0.05) is 10.0 Å². The molecule has 164 valence electrons. The molecular weight excluding hydrogens is 463 g/mol. The summed E-state index contributed by atoms with van der Waals surface area (Å²) in [7, 11) is 0. The number of H-pyrrole nitrogens is 1. The van der Waals surface area contributed by atoms with Gasteiger partial charge in [0.05, 0.1) is 11.1 Å². The Bertz CT molecular complexity index is 1570. The van der Waals surface area contributed by atoms with E-state index >= 15 is 0 Å². The highest BCUT2D eigenvalue weighted by Gasteiger charge is 2.38. The highest BCUT2D eigenvalue weighted by atomic mass is 35.5. The zero-order chi connectivity index (χ0) is 23.2. The number of rotatable bonds is 4. The van der Waals surface area contributed by atoms with Crippen LogP contribution in [0.15, 0.2) is 86.9 Å². The number of fused-ring (bicyclic) bond motifs is 1. The predicted octanol–water partition coefficient (Wildman–Crippen LogP) is 4.72. The zero-order valence-electron chi connectivity index (χ0n) is 17.3. The molecule has 0 aliphatic heterocycles. The van der Waals surface area contributed by atoms with Gasteiger partial charge in [-0.2, -0.15) is 9.78 Å². The Balaban J connectivity index is 1.72. The number of oxazole rings is 1. The maximum absolute atomic E-state index is 12.2. The summed E-state index contributed by atoms with van der Waals surface area (Å²) >= 11 is 12.9. The third-order valence-electron chi connectivity index (χ3n) is 5.59. The van der Waals surface area contributed by atoms with Crippen molar-refractivity contribution in [1.29, 1.82) is 0 Å². The molecule has 0 bridgehead atoms. The highest BCUT2D eigenvalue weighted by molar-refractivity contribution is 6.32. The maximum Gasteiger partial charge on any atom is 0.349 e. The van der Waals surface area contributed by atoms with E-state index in [-0.39, 0.29) is 0 Å². The van der Waals surface area contributed by atoms with E-state index in [1.54, 1.807) is 30.3 Å². The molecule has 1 N–H and O–H groups in total. The van der Waals surface area contributed by atoms with Crippen LogP contribution in [0.5, 0.6) is 0 Å². The van der Waals surface area contributed by atoms with Gasteiger partial charge in [0.25, 0.3) is 5.56 Å². The van der Waals surface area contributed by atoms with Crippen LogP contribution in [0.3, 0.4) is 0 Å². The lowest BCUT2D eigenvalue weighted by Gasteiger charge is -2.29. The Morgan fingerprint density at radius 1 is 1.00 bits per heavy atom. The van der Waals surface area contributed by atoms with Gasteiger partial charge in [0.15, 0.2) is 5.58 Å². The first-order chi connectivity index (χ1) is 15.9. The van der Waals surface area contributed by atoms with Gasteiger partial charge < -0.3 is 4.42 Å². The smallest absolute Gasteiger partial charge is 0.349 e. The van der Waals surface area contributed by atoms with E-state index < -0.39 is 16.7 Å². The molecule has 0 aliphatic carbocycles. The van der Waals surface area contributed by atoms with Crippen LogP contribution >= 0.6 is 23.2 Å². The van der Waals surface area contributed by atoms with E-state index in [0.717, 1.165) is 22.0 Å². The average Bonchev–Trinajstić information content (AvgIpc) is 3.24. The fraction of sp³-hybridized carbons (Fsp3) is 0.0833. The van der Waals surface area contributed by atoms with E-state index in [1.165, 1.54) is 0 Å². The molecule has 0 amide bonds. The number of aromatic nitrogens is 4. The topological polar surface area (TPSA) is 93.8 Å². The third-order valence-corrected chi connectivity index (χ3v) is 6.16. The second-order valence-corrected chi connectivity index (χ2v) is 8.48. The number of halogens is 2. The van der Waals surface area contributed by atoms with Crippen LogP contribution in [0.1, 0.15) is 23.9 Å². The first-order valence-corrected chi connectivity index (χ1v) is 10.7. The summed E-state index contributed by atoms with van der Waals surface area (Å²) in [5.74, 6) is 0.458. The van der Waals surface area contributed by atoms with Crippen molar-refractivity contribution in [2.24, 2.45) is 0 Å². The first kappa shape index (κ1) is 21.2. The summed E-state index contributed by atoms with van der Waals surface area (Å²) in [6, 6.07) is 20.0. The van der Waals surface area contributed by atoms with Gasteiger partial charge in [-0.3, -0.25) is 9.78 Å². The normalized spacial score (nSPS) is 13.2. The van der Waals surface area contributed by atoms with Crippen LogP contribution < -0.4 is 11.2 Å². The molecular formula is C24H16Cl2N4O3. The maximum atomic E-state index is 12.2. The Morgan fingerprint density at radius 2 is 1.76 bits per heavy atom. The standard InChI is InChI=1S/C24H16Cl2N4O3/c1-24(14-6-8-15(25)9-7-14,22-28-19-4-2-3-5-20(19)33-22)17-11-10-16(12-18(17)26)30-23(32)29-21(31)13-27-30/h2-13H,1H3,(H,29,31,32). The number of nitrogens with zero attached hydrogens (tertiary/aromatic N) is 3. The van der Waals surface area contributed by atoms with Crippen molar-refractivity contribution in [3.05, 3.63) is 121 Å². The molecule has 0 radical (unpaired) electrons. The minimum Gasteiger partial charge on any atom is -0.439 e. The molecule has 0 aliphatic rings. The summed E-state index contributed by atoms with van der Waals surface area (Å²) < 4.78 is 7.23. The van der Waals surface area contributed by atoms with Crippen LogP contribution in [0.25, 0.3) is 16.8 Å². The van der Waals surface area contributed by atoms with E-state index in [2.05, 4.69) is 10.1 Å². The van der Waals surface area contributed by atoms with Crippen molar-refractivity contribution in [3.63, 3.8) is 0 Å². The third kappa shape index (κ3) is 3.65. The fourth-order valence-electron chi connectivity index (χ4n) is 3.84. The Labute approximate surface area is 197 Å². The van der Waals surface area contributed by atoms with Gasteiger partial charge in [-0.1, -0.05) is 53.5 Å². The van der Waals surface area contributed by atoms with Crippen LogP contribution in [0, 0.1) is 0 Å². The number of nitrogens with one attached hydrogen (secondary N) is 1. The summed E-state index contributed by atoms with van der Waals surface area (Å²) in [6.07, 6.45) is 1.03. The van der Waals surface area contributed by atoms with Crippen LogP contribution in [0.4, 0.5) is 0 Å². The van der Waals surface area contributed by atoms with Crippen molar-refractivity contribution < 1.29 is 4.42 Å². The van der Waals surface area contributed by atoms with Gasteiger partial charge in [-0.25, -0.2) is 9.78 Å². The SMILES string of the molecule is CC(c1ccc(Cl)cc1)(c1nc2ccccc2o1)c1ccc(-n2ncc(=O)[nH]c2=O)cc1Cl. The largest absolute Gasteiger partial charge is 0.439 e. The van der Waals surface area contributed by atoms with Crippen molar-refractivity contribution in [1.82, 2.24) is 19.7 Å². The Morgan fingerprint density at radius 3 is 2.45 bits per heavy atom. The predicted molar refractivity (Wildman–Crippen MR) is 126 cm³/mol. The lowest BCUT2D eigenvalue weighted by Crippen LogP contribution is -2.30. The van der Waals surface area contributed by atoms with Gasteiger partial charge in [-0.05, 0) is 54.4 Å². The fourth-order valence-corrected chi connectivity index (χ4v) is 4.33. The molecule has 33 heavy (non-hydrogen) atoms. The van der Waals surface area contributed by atoms with Crippen LogP contribution in [0.2, 0.25) is 10.0 Å². The molecule has 5 aromatic rings. The molecule has 2 aromatic heterocycles. The van der Waals surface area contributed by atoms with Crippen LogP contribution in [-0.4, -0.2) is 19.7 Å². The van der Waals surface area contributed by atoms with Gasteiger partial charge >= 0.3 is 5.69 Å². The lowest BCUT2D eigenvalue weighted by atomic mass is 9.76. The second kappa shape index (κ2) is 8.03. The zero-order valence-corrected chi connectivity index (χ0v) is 18.8. The van der Waals surface area contributed by atoms with E-state index in [1.807, 2.05) is 43.3 Å². The highest BCUT2D eigenvalue weighted by Crippen LogP contribution is 2.43. The van der Waals surface area contributed by atoms with Gasteiger partial charge in [-0.15, -0.1) is 0 Å². The van der Waals surface area contributed by atoms with Crippen molar-refractivity contribution in [2.45, 2.75) is 12.3 Å². The molecule has 0 saturated heterocycles. The second-order valence-electron chi connectivity index (χ2n) is 7.63. The monoisotopic (exact) mass is 478 g/mol. The van der Waals surface area contributed by atoms with Crippen LogP contribution in [-0.2, 0) is 5.41 Å². The number of aromatic amines is 1.